The number of aromatic nitrogens is 1. The molecule has 0 aliphatic carbocycles. The van der Waals surface area contributed by atoms with Crippen molar-refractivity contribution >= 4 is 17.5 Å². The van der Waals surface area contributed by atoms with Crippen LogP contribution in [-0.4, -0.2) is 28.4 Å². The number of ether oxygens (including phenoxy) is 1. The van der Waals surface area contributed by atoms with Crippen molar-refractivity contribution in [3.05, 3.63) is 23.4 Å². The highest BCUT2D eigenvalue weighted by molar-refractivity contribution is 8.00. The van der Waals surface area contributed by atoms with E-state index in [1.807, 2.05) is 11.8 Å². The third kappa shape index (κ3) is 3.49. The molecule has 0 radical (unpaired) electrons. The van der Waals surface area contributed by atoms with E-state index < -0.39 is 17.6 Å². The summed E-state index contributed by atoms with van der Waals surface area (Å²) < 4.78 is 43.9. The van der Waals surface area contributed by atoms with Crippen LogP contribution in [0.25, 0.3) is 0 Å². The van der Waals surface area contributed by atoms with Crippen LogP contribution in [0.5, 0.6) is 5.88 Å². The number of thioether (sulfide) groups is 1. The number of nitrogens with zero attached hydrogens (tertiary/aromatic N) is 1. The van der Waals surface area contributed by atoms with E-state index in [0.29, 0.717) is 10.5 Å². The number of hydrogen-bond acceptors (Lipinski definition) is 4. The van der Waals surface area contributed by atoms with Crippen molar-refractivity contribution in [2.75, 3.05) is 7.11 Å². The van der Waals surface area contributed by atoms with Crippen LogP contribution in [0.4, 0.5) is 13.2 Å². The van der Waals surface area contributed by atoms with Gasteiger partial charge in [0.05, 0.1) is 7.11 Å². The molecule has 3 heterocycles. The molecule has 0 aromatic carbocycles. The number of rotatable bonds is 3. The van der Waals surface area contributed by atoms with Gasteiger partial charge in [0.15, 0.2) is 5.78 Å². The second-order valence-corrected chi connectivity index (χ2v) is 7.73. The van der Waals surface area contributed by atoms with E-state index in [9.17, 15) is 18.0 Å². The Labute approximate surface area is 137 Å². The summed E-state index contributed by atoms with van der Waals surface area (Å²) in [6.45, 7) is 0. The SMILES string of the molecule is COc1ncc(C(=O)C2CC3CCCC(C2)S3)cc1C(F)(F)F. The normalized spacial score (nSPS) is 27.6. The third-order valence-electron chi connectivity index (χ3n) is 4.54. The highest BCUT2D eigenvalue weighted by Crippen LogP contribution is 2.45. The number of pyridine rings is 1. The van der Waals surface area contributed by atoms with E-state index in [4.69, 9.17) is 0 Å². The number of alkyl halides is 3. The maximum atomic E-state index is 13.1. The van der Waals surface area contributed by atoms with Gasteiger partial charge in [-0.05, 0) is 31.7 Å². The Morgan fingerprint density at radius 1 is 1.30 bits per heavy atom. The minimum absolute atomic E-state index is 0.0353. The molecular formula is C16H18F3NO2S. The molecule has 0 amide bonds. The van der Waals surface area contributed by atoms with Gasteiger partial charge in [-0.25, -0.2) is 4.98 Å². The standard InChI is InChI=1S/C16H18F3NO2S/c1-22-15-13(16(17,18)19)7-10(8-20-15)14(21)9-5-11-3-2-4-12(6-9)23-11/h7-9,11-12H,2-6H2,1H3. The van der Waals surface area contributed by atoms with Crippen LogP contribution >= 0.6 is 11.8 Å². The number of methoxy groups -OCH3 is 1. The van der Waals surface area contributed by atoms with Crippen molar-refractivity contribution in [3.8, 4) is 5.88 Å². The molecule has 7 heteroatoms. The van der Waals surface area contributed by atoms with Crippen molar-refractivity contribution in [2.45, 2.75) is 48.8 Å². The summed E-state index contributed by atoms with van der Waals surface area (Å²) in [7, 11) is 1.14. The summed E-state index contributed by atoms with van der Waals surface area (Å²) in [5.41, 5.74) is -0.954. The van der Waals surface area contributed by atoms with Crippen LogP contribution in [0, 0.1) is 5.92 Å². The average Bonchev–Trinajstić information content (AvgIpc) is 2.52. The zero-order chi connectivity index (χ0) is 16.6. The second-order valence-electron chi connectivity index (χ2n) is 6.12. The zero-order valence-electron chi connectivity index (χ0n) is 12.7. The lowest BCUT2D eigenvalue weighted by atomic mass is 9.84. The molecule has 3 nitrogen and oxygen atoms in total. The van der Waals surface area contributed by atoms with Crippen LogP contribution in [0.3, 0.4) is 0 Å². The fraction of sp³-hybridized carbons (Fsp3) is 0.625. The van der Waals surface area contributed by atoms with Gasteiger partial charge in [-0.3, -0.25) is 4.79 Å². The average molecular weight is 345 g/mol. The minimum atomic E-state index is -4.59. The Balaban J connectivity index is 1.85. The molecule has 0 spiro atoms. The largest absolute Gasteiger partial charge is 0.481 e. The third-order valence-corrected chi connectivity index (χ3v) is 6.16. The maximum Gasteiger partial charge on any atom is 0.421 e. The molecule has 0 saturated carbocycles. The predicted octanol–water partition coefficient (Wildman–Crippen LogP) is 4.36. The van der Waals surface area contributed by atoms with Gasteiger partial charge in [0.1, 0.15) is 5.56 Å². The molecule has 2 saturated heterocycles. The number of carbonyl (C=O) groups is 1. The summed E-state index contributed by atoms with van der Waals surface area (Å²) in [6, 6.07) is 0.881. The molecule has 2 atom stereocenters. The zero-order valence-corrected chi connectivity index (χ0v) is 13.5. The first-order valence-electron chi connectivity index (χ1n) is 7.69. The second kappa shape index (κ2) is 6.34. The number of hydrogen-bond donors (Lipinski definition) is 0. The quantitative estimate of drug-likeness (QED) is 0.763. The lowest BCUT2D eigenvalue weighted by Crippen LogP contribution is -2.33. The van der Waals surface area contributed by atoms with E-state index >= 15 is 0 Å². The van der Waals surface area contributed by atoms with Crippen molar-refractivity contribution in [1.82, 2.24) is 4.98 Å². The van der Waals surface area contributed by atoms with Gasteiger partial charge >= 0.3 is 6.18 Å². The van der Waals surface area contributed by atoms with Crippen LogP contribution < -0.4 is 4.74 Å². The van der Waals surface area contributed by atoms with Crippen LogP contribution in [0.2, 0.25) is 0 Å². The van der Waals surface area contributed by atoms with E-state index in [2.05, 4.69) is 9.72 Å². The Bertz CT molecular complexity index is 593. The molecule has 1 aromatic rings. The first kappa shape index (κ1) is 16.6. The number of carbonyl (C=O) groups excluding carboxylic acids is 1. The Hall–Kier alpha value is -1.24. The monoisotopic (exact) mass is 345 g/mol. The summed E-state index contributed by atoms with van der Waals surface area (Å²) in [6.07, 6.45) is 1.51. The van der Waals surface area contributed by atoms with Crippen molar-refractivity contribution in [2.24, 2.45) is 5.92 Å². The molecule has 0 N–H and O–H groups in total. The van der Waals surface area contributed by atoms with Gasteiger partial charge < -0.3 is 4.74 Å². The molecular weight excluding hydrogens is 327 g/mol. The Morgan fingerprint density at radius 2 is 1.96 bits per heavy atom. The van der Waals surface area contributed by atoms with Crippen molar-refractivity contribution in [3.63, 3.8) is 0 Å². The van der Waals surface area contributed by atoms with Gasteiger partial charge in [-0.15, -0.1) is 0 Å². The van der Waals surface area contributed by atoms with Crippen molar-refractivity contribution < 1.29 is 22.7 Å². The fourth-order valence-corrected chi connectivity index (χ4v) is 5.30. The molecule has 23 heavy (non-hydrogen) atoms. The van der Waals surface area contributed by atoms with Crippen molar-refractivity contribution in [1.29, 1.82) is 0 Å². The molecule has 1 aromatic heterocycles. The summed E-state index contributed by atoms with van der Waals surface area (Å²) in [5, 5.41) is 0.925. The number of ketones is 1. The predicted molar refractivity (Wildman–Crippen MR) is 81.9 cm³/mol. The van der Waals surface area contributed by atoms with E-state index in [-0.39, 0.29) is 17.3 Å². The molecule has 2 aliphatic rings. The van der Waals surface area contributed by atoms with Gasteiger partial charge in [0.25, 0.3) is 0 Å². The lowest BCUT2D eigenvalue weighted by molar-refractivity contribution is -0.139. The smallest absolute Gasteiger partial charge is 0.421 e. The molecule has 3 rings (SSSR count). The molecule has 2 fully saturated rings. The van der Waals surface area contributed by atoms with Gasteiger partial charge in [-0.1, -0.05) is 6.42 Å². The highest BCUT2D eigenvalue weighted by Gasteiger charge is 2.39. The molecule has 2 bridgehead atoms. The number of fused-ring (bicyclic) bond motifs is 2. The first-order valence-corrected chi connectivity index (χ1v) is 8.63. The minimum Gasteiger partial charge on any atom is -0.481 e. The van der Waals surface area contributed by atoms with Crippen LogP contribution in [-0.2, 0) is 6.18 Å². The fourth-order valence-electron chi connectivity index (χ4n) is 3.46. The molecule has 126 valence electrons. The Kier molecular flexibility index (Phi) is 4.58. The maximum absolute atomic E-state index is 13.1. The van der Waals surface area contributed by atoms with Crippen LogP contribution in [0.1, 0.15) is 48.0 Å². The highest BCUT2D eigenvalue weighted by atomic mass is 32.2. The summed E-state index contributed by atoms with van der Waals surface area (Å²) >= 11 is 1.94. The van der Waals surface area contributed by atoms with E-state index in [0.717, 1.165) is 38.9 Å². The first-order chi connectivity index (χ1) is 10.9. The summed E-state index contributed by atoms with van der Waals surface area (Å²) in [4.78, 5) is 16.3. The number of halogens is 3. The lowest BCUT2D eigenvalue weighted by Gasteiger charge is -2.37. The van der Waals surface area contributed by atoms with Gasteiger partial charge in [0.2, 0.25) is 5.88 Å². The van der Waals surface area contributed by atoms with Gasteiger partial charge in [-0.2, -0.15) is 24.9 Å². The topological polar surface area (TPSA) is 39.2 Å². The number of Topliss-reactive ketones (excluding diaryl/α,β-unsaturated/α-hetero) is 1. The Morgan fingerprint density at radius 3 is 2.52 bits per heavy atom. The van der Waals surface area contributed by atoms with Crippen LogP contribution in [0.15, 0.2) is 12.3 Å². The summed E-state index contributed by atoms with van der Waals surface area (Å²) in [5.74, 6) is -0.907. The molecule has 2 aliphatic heterocycles. The van der Waals surface area contributed by atoms with Gasteiger partial charge in [0, 0.05) is 28.2 Å². The van der Waals surface area contributed by atoms with E-state index in [1.54, 1.807) is 0 Å². The molecule has 2 unspecified atom stereocenters. The van der Waals surface area contributed by atoms with E-state index in [1.165, 1.54) is 12.6 Å².